The lowest BCUT2D eigenvalue weighted by Crippen LogP contribution is -2.21. The minimum absolute atomic E-state index is 0.0874. The highest BCUT2D eigenvalue weighted by Gasteiger charge is 2.14. The van der Waals surface area contributed by atoms with Crippen molar-refractivity contribution < 1.29 is 4.74 Å². The minimum atomic E-state index is -0.0874. The summed E-state index contributed by atoms with van der Waals surface area (Å²) in [5, 5.41) is 1.24. The van der Waals surface area contributed by atoms with Crippen molar-refractivity contribution in [1.82, 2.24) is 9.55 Å². The highest BCUT2D eigenvalue weighted by atomic mass is 79.9. The average molecular weight is 453 g/mol. The molecule has 6 heteroatoms. The third kappa shape index (κ3) is 3.84. The van der Waals surface area contributed by atoms with Crippen LogP contribution in [0.25, 0.3) is 16.6 Å². The van der Waals surface area contributed by atoms with E-state index in [0.717, 1.165) is 15.7 Å². The molecule has 0 N–H and O–H groups in total. The van der Waals surface area contributed by atoms with E-state index in [4.69, 9.17) is 9.72 Å². The Morgan fingerprint density at radius 3 is 2.68 bits per heavy atom. The van der Waals surface area contributed by atoms with E-state index in [9.17, 15) is 4.79 Å². The van der Waals surface area contributed by atoms with Gasteiger partial charge in [-0.3, -0.25) is 9.36 Å². The SMILES string of the molecule is COc1cccc(-n2c(SCc3cccc(Br)c3)nc3ccccc3c2=O)c1. The van der Waals surface area contributed by atoms with Gasteiger partial charge in [-0.05, 0) is 42.0 Å². The summed E-state index contributed by atoms with van der Waals surface area (Å²) in [6.07, 6.45) is 0. The van der Waals surface area contributed by atoms with Gasteiger partial charge in [-0.15, -0.1) is 0 Å². The molecule has 0 aliphatic rings. The summed E-state index contributed by atoms with van der Waals surface area (Å²) >= 11 is 5.04. The molecule has 1 aromatic heterocycles. The van der Waals surface area contributed by atoms with E-state index >= 15 is 0 Å². The summed E-state index contributed by atoms with van der Waals surface area (Å²) in [5.74, 6) is 1.40. The molecule has 0 saturated heterocycles. The standard InChI is InChI=1S/C22H17BrN2O2S/c1-27-18-9-5-8-17(13-18)25-21(26)19-10-2-3-11-20(19)24-22(25)28-14-15-6-4-7-16(23)12-15/h2-13H,14H2,1H3. The van der Waals surface area contributed by atoms with E-state index < -0.39 is 0 Å². The van der Waals surface area contributed by atoms with E-state index in [1.807, 2.05) is 60.7 Å². The highest BCUT2D eigenvalue weighted by Crippen LogP contribution is 2.26. The molecule has 0 radical (unpaired) electrons. The second-order valence-electron chi connectivity index (χ2n) is 6.17. The molecular weight excluding hydrogens is 436 g/mol. The maximum absolute atomic E-state index is 13.3. The Kier molecular flexibility index (Phi) is 5.50. The predicted molar refractivity (Wildman–Crippen MR) is 118 cm³/mol. The summed E-state index contributed by atoms with van der Waals surface area (Å²) in [4.78, 5) is 18.1. The van der Waals surface area contributed by atoms with Crippen LogP contribution in [0.2, 0.25) is 0 Å². The third-order valence-electron chi connectivity index (χ3n) is 4.31. The molecule has 28 heavy (non-hydrogen) atoms. The number of ether oxygens (including phenoxy) is 1. The number of aromatic nitrogens is 2. The molecule has 0 atom stereocenters. The van der Waals surface area contributed by atoms with Gasteiger partial charge < -0.3 is 4.74 Å². The lowest BCUT2D eigenvalue weighted by atomic mass is 10.2. The van der Waals surface area contributed by atoms with Crippen molar-refractivity contribution in [2.24, 2.45) is 0 Å². The van der Waals surface area contributed by atoms with Crippen LogP contribution in [0.15, 0.2) is 87.2 Å². The molecule has 4 aromatic rings. The van der Waals surface area contributed by atoms with Crippen LogP contribution in [0.3, 0.4) is 0 Å². The molecule has 0 aliphatic carbocycles. The van der Waals surface area contributed by atoms with Gasteiger partial charge in [0.15, 0.2) is 5.16 Å². The fourth-order valence-corrected chi connectivity index (χ4v) is 4.36. The smallest absolute Gasteiger partial charge is 0.266 e. The molecule has 4 rings (SSSR count). The highest BCUT2D eigenvalue weighted by molar-refractivity contribution is 9.10. The number of thioether (sulfide) groups is 1. The van der Waals surface area contributed by atoms with Gasteiger partial charge in [0.25, 0.3) is 5.56 Å². The number of methoxy groups -OCH3 is 1. The van der Waals surface area contributed by atoms with Crippen molar-refractivity contribution >= 4 is 38.6 Å². The Hall–Kier alpha value is -2.57. The van der Waals surface area contributed by atoms with Crippen molar-refractivity contribution in [1.29, 1.82) is 0 Å². The molecule has 0 spiro atoms. The molecule has 0 unspecified atom stereocenters. The number of benzene rings is 3. The topological polar surface area (TPSA) is 44.1 Å². The minimum Gasteiger partial charge on any atom is -0.497 e. The number of hydrogen-bond donors (Lipinski definition) is 0. The number of rotatable bonds is 5. The maximum Gasteiger partial charge on any atom is 0.266 e. The quantitative estimate of drug-likeness (QED) is 0.298. The largest absolute Gasteiger partial charge is 0.497 e. The number of halogens is 1. The van der Waals surface area contributed by atoms with E-state index in [-0.39, 0.29) is 5.56 Å². The maximum atomic E-state index is 13.3. The summed E-state index contributed by atoms with van der Waals surface area (Å²) in [6.45, 7) is 0. The Bertz CT molecular complexity index is 1210. The number of fused-ring (bicyclic) bond motifs is 1. The lowest BCUT2D eigenvalue weighted by molar-refractivity contribution is 0.414. The Labute approximate surface area is 175 Å². The van der Waals surface area contributed by atoms with Crippen molar-refractivity contribution in [3.05, 3.63) is 93.2 Å². The number of hydrogen-bond acceptors (Lipinski definition) is 4. The zero-order valence-electron chi connectivity index (χ0n) is 15.1. The zero-order chi connectivity index (χ0) is 19.5. The van der Waals surface area contributed by atoms with Crippen LogP contribution in [0.1, 0.15) is 5.56 Å². The monoisotopic (exact) mass is 452 g/mol. The first-order chi connectivity index (χ1) is 13.7. The van der Waals surface area contributed by atoms with Crippen molar-refractivity contribution in [3.63, 3.8) is 0 Å². The second kappa shape index (κ2) is 8.20. The molecule has 3 aromatic carbocycles. The molecule has 0 amide bonds. The molecule has 0 aliphatic heterocycles. The molecular formula is C22H17BrN2O2S. The first-order valence-corrected chi connectivity index (χ1v) is 10.5. The van der Waals surface area contributed by atoms with Crippen LogP contribution < -0.4 is 10.3 Å². The zero-order valence-corrected chi connectivity index (χ0v) is 17.5. The summed E-state index contributed by atoms with van der Waals surface area (Å²) in [7, 11) is 1.61. The van der Waals surface area contributed by atoms with Gasteiger partial charge in [0.05, 0.1) is 23.7 Å². The first-order valence-electron chi connectivity index (χ1n) is 8.69. The lowest BCUT2D eigenvalue weighted by Gasteiger charge is -2.14. The molecule has 0 saturated carbocycles. The number of nitrogens with zero attached hydrogens (tertiary/aromatic N) is 2. The van der Waals surface area contributed by atoms with Crippen LogP contribution >= 0.6 is 27.7 Å². The van der Waals surface area contributed by atoms with Gasteiger partial charge in [-0.1, -0.05) is 58.0 Å². The van der Waals surface area contributed by atoms with Crippen molar-refractivity contribution in [3.8, 4) is 11.4 Å². The fourth-order valence-electron chi connectivity index (χ4n) is 2.96. The van der Waals surface area contributed by atoms with Gasteiger partial charge in [0.2, 0.25) is 0 Å². The Balaban J connectivity index is 1.84. The normalized spacial score (nSPS) is 10.9. The van der Waals surface area contributed by atoms with Gasteiger partial charge in [-0.2, -0.15) is 0 Å². The second-order valence-corrected chi connectivity index (χ2v) is 8.03. The van der Waals surface area contributed by atoms with Crippen LogP contribution in [-0.2, 0) is 5.75 Å². The van der Waals surface area contributed by atoms with E-state index in [0.29, 0.717) is 27.6 Å². The fraction of sp³-hybridized carbons (Fsp3) is 0.0909. The van der Waals surface area contributed by atoms with Crippen LogP contribution in [0, 0.1) is 0 Å². The average Bonchev–Trinajstić information content (AvgIpc) is 2.72. The summed E-state index contributed by atoms with van der Waals surface area (Å²) in [6, 6.07) is 23.0. The molecule has 0 fully saturated rings. The summed E-state index contributed by atoms with van der Waals surface area (Å²) in [5.41, 5.74) is 2.50. The van der Waals surface area contributed by atoms with Crippen LogP contribution in [0.5, 0.6) is 5.75 Å². The van der Waals surface area contributed by atoms with E-state index in [1.54, 1.807) is 11.7 Å². The third-order valence-corrected chi connectivity index (χ3v) is 5.82. The molecule has 140 valence electrons. The van der Waals surface area contributed by atoms with Crippen LogP contribution in [0.4, 0.5) is 0 Å². The predicted octanol–water partition coefficient (Wildman–Crippen LogP) is 5.45. The van der Waals surface area contributed by atoms with E-state index in [1.165, 1.54) is 11.8 Å². The summed E-state index contributed by atoms with van der Waals surface area (Å²) < 4.78 is 8.03. The van der Waals surface area contributed by atoms with Gasteiger partial charge in [-0.25, -0.2) is 4.98 Å². The van der Waals surface area contributed by atoms with Crippen LogP contribution in [-0.4, -0.2) is 16.7 Å². The van der Waals surface area contributed by atoms with Crippen molar-refractivity contribution in [2.75, 3.05) is 7.11 Å². The molecule has 0 bridgehead atoms. The molecule has 4 nitrogen and oxygen atoms in total. The molecule has 1 heterocycles. The number of para-hydroxylation sites is 1. The Morgan fingerprint density at radius 2 is 1.86 bits per heavy atom. The van der Waals surface area contributed by atoms with Crippen molar-refractivity contribution in [2.45, 2.75) is 10.9 Å². The Morgan fingerprint density at radius 1 is 1.04 bits per heavy atom. The first kappa shape index (κ1) is 18.8. The van der Waals surface area contributed by atoms with Gasteiger partial charge in [0.1, 0.15) is 5.75 Å². The van der Waals surface area contributed by atoms with Gasteiger partial charge >= 0.3 is 0 Å². The van der Waals surface area contributed by atoms with Gasteiger partial charge in [0, 0.05) is 16.3 Å². The van der Waals surface area contributed by atoms with E-state index in [2.05, 4.69) is 28.1 Å².